The fourth-order valence-corrected chi connectivity index (χ4v) is 14.4. The molecule has 0 aliphatic heterocycles. The molecule has 0 bridgehead atoms. The zero-order chi connectivity index (χ0) is 72.1. The molecule has 3 saturated carbocycles. The third-order valence-corrected chi connectivity index (χ3v) is 20.1. The molecule has 105 heavy (non-hydrogen) atoms. The summed E-state index contributed by atoms with van der Waals surface area (Å²) in [6, 6.07) is 33.0. The molecule has 3 fully saturated rings. The number of hydrogen-bond donors (Lipinski definition) is 1. The third-order valence-electron chi connectivity index (χ3n) is 19.8. The van der Waals surface area contributed by atoms with Crippen molar-refractivity contribution in [2.24, 2.45) is 0 Å². The largest absolute Gasteiger partial charge is 0.396 e. The minimum atomic E-state index is -0.0161. The highest BCUT2D eigenvalue weighted by Crippen LogP contribution is 2.39. The van der Waals surface area contributed by atoms with Crippen LogP contribution in [-0.2, 0) is 62.0 Å². The predicted octanol–water partition coefficient (Wildman–Crippen LogP) is 11.5. The second kappa shape index (κ2) is 31.3. The first-order chi connectivity index (χ1) is 51.4. The van der Waals surface area contributed by atoms with E-state index in [0.717, 1.165) is 186 Å². The lowest BCUT2D eigenvalue weighted by Crippen LogP contribution is -2.25. The van der Waals surface area contributed by atoms with Gasteiger partial charge in [0.05, 0.1) is 101 Å². The van der Waals surface area contributed by atoms with Gasteiger partial charge in [-0.2, -0.15) is 0 Å². The van der Waals surface area contributed by atoms with E-state index < -0.39 is 0 Å². The number of fused-ring (bicyclic) bond motifs is 6. The second-order valence-corrected chi connectivity index (χ2v) is 28.1. The van der Waals surface area contributed by atoms with Crippen molar-refractivity contribution in [2.75, 3.05) is 57.8 Å². The Kier molecular flexibility index (Phi) is 20.9. The highest BCUT2D eigenvalue weighted by atomic mass is 35.5. The van der Waals surface area contributed by atoms with Crippen LogP contribution in [0.3, 0.4) is 0 Å². The van der Waals surface area contributed by atoms with E-state index in [1.165, 1.54) is 11.1 Å². The van der Waals surface area contributed by atoms with Crippen molar-refractivity contribution in [3.63, 3.8) is 0 Å². The SMILES string of the molecule is CN(C)c1nccc2c1nc(Cn1c(=O)n(C3CC3)c3ccncc31)n2CCCCO.CN(C)c1nccc2c1nc(Cn1c(=O)n(C3CC3)c3ccncc31)n2CCCCOCc1ccccc1.O=c1n(Cc2nc3c(Cl)nccc3n2CCCCOCc2ccccc2)c2cnccc2n1C1CC1. The molecule has 2 aromatic carbocycles. The molecule has 0 radical (unpaired) electrons. The molecule has 12 aromatic heterocycles. The number of imidazole rings is 6. The number of aliphatic hydroxyl groups is 1. The number of pyridine rings is 6. The van der Waals surface area contributed by atoms with Crippen LogP contribution in [-0.4, -0.2) is 139 Å². The van der Waals surface area contributed by atoms with Crippen LogP contribution in [0.1, 0.15) is 124 Å². The maximum Gasteiger partial charge on any atom is 0.329 e. The van der Waals surface area contributed by atoms with Crippen LogP contribution < -0.4 is 26.9 Å². The summed E-state index contributed by atoms with van der Waals surface area (Å²) < 4.78 is 29.4. The molecule has 1 N–H and O–H groups in total. The summed E-state index contributed by atoms with van der Waals surface area (Å²) in [4.78, 5) is 85.2. The van der Waals surface area contributed by atoms with Gasteiger partial charge in [0.2, 0.25) is 0 Å². The van der Waals surface area contributed by atoms with E-state index in [0.29, 0.717) is 56.7 Å². The highest BCUT2D eigenvalue weighted by Gasteiger charge is 2.33. The van der Waals surface area contributed by atoms with Gasteiger partial charge in [-0.1, -0.05) is 72.3 Å². The number of aliphatic hydroxyl groups excluding tert-OH is 1. The zero-order valence-electron chi connectivity index (χ0n) is 59.7. The first-order valence-electron chi connectivity index (χ1n) is 36.4. The number of halogens is 1. The molecule has 12 heterocycles. The first kappa shape index (κ1) is 70.0. The Balaban J connectivity index is 0.000000127. The summed E-state index contributed by atoms with van der Waals surface area (Å²) in [6.45, 7) is 6.11. The van der Waals surface area contributed by atoms with Crippen molar-refractivity contribution in [1.82, 2.24) is 86.0 Å². The molecule has 27 heteroatoms. The molecule has 0 amide bonds. The number of benzene rings is 2. The first-order valence-corrected chi connectivity index (χ1v) is 36.8. The van der Waals surface area contributed by atoms with Crippen molar-refractivity contribution < 1.29 is 14.6 Å². The standard InChI is InChI=1S/C29H33N7O2.C27H27ClN6O2.C22H27N7O2/c1-33(2)28-27-24(13-15-31-28)34(16-6-7-17-38-20-21-8-4-3-5-9-21)26(32-27)19-35-25-18-30-14-12-23(25)36(29(35)37)22-10-11-22;28-26-25-22(11-13-30-26)32(14-4-5-15-36-18-19-6-2-1-3-7-19)24(31-25)17-33-23-16-29-12-10-21(23)34(27(33)35)20-8-9-20;1-26(2)21-20-17(8-10-24-21)27(11-3-4-12-30)19(25-20)14-28-18-13-23-9-7-16(18)29(22(28)31)15-5-6-15/h3-5,8-9,12-15,18,22H,6-7,10-11,16-17,19-20H2,1-2H3;1-3,6-7,10-13,16,20H,4-5,8-9,14-15,17-18H2;7-10,13,15,30H,3-6,11-12,14H2,1-2H3. The van der Waals surface area contributed by atoms with Gasteiger partial charge < -0.3 is 38.1 Å². The summed E-state index contributed by atoms with van der Waals surface area (Å²) in [5, 5.41) is 9.62. The maximum atomic E-state index is 13.5. The van der Waals surface area contributed by atoms with Gasteiger partial charge in [0.1, 0.15) is 34.0 Å². The van der Waals surface area contributed by atoms with Crippen LogP contribution in [0, 0.1) is 0 Å². The number of aromatic nitrogens is 18. The Labute approximate surface area is 610 Å². The summed E-state index contributed by atoms with van der Waals surface area (Å²) in [5.74, 6) is 4.06. The fourth-order valence-electron chi connectivity index (χ4n) is 14.2. The van der Waals surface area contributed by atoms with E-state index in [2.05, 4.69) is 67.9 Å². The normalized spacial score (nSPS) is 13.7. The Morgan fingerprint density at radius 3 is 1.11 bits per heavy atom. The lowest BCUT2D eigenvalue weighted by molar-refractivity contribution is 0.116. The number of nitrogens with zero attached hydrogens (tertiary/aromatic N) is 20. The van der Waals surface area contributed by atoms with Crippen LogP contribution in [0.2, 0.25) is 5.15 Å². The average molecular weight is 1440 g/mol. The van der Waals surface area contributed by atoms with Gasteiger partial charge in [-0.15, -0.1) is 0 Å². The van der Waals surface area contributed by atoms with Gasteiger partial charge in [0, 0.05) is 123 Å². The van der Waals surface area contributed by atoms with Gasteiger partial charge in [0.25, 0.3) is 0 Å². The lowest BCUT2D eigenvalue weighted by Gasteiger charge is -2.12. The van der Waals surface area contributed by atoms with Gasteiger partial charge in [-0.05, 0) is 125 Å². The smallest absolute Gasteiger partial charge is 0.329 e. The summed E-state index contributed by atoms with van der Waals surface area (Å²) in [7, 11) is 7.85. The number of rotatable bonds is 29. The predicted molar refractivity (Wildman–Crippen MR) is 407 cm³/mol. The Morgan fingerprint density at radius 2 is 0.752 bits per heavy atom. The van der Waals surface area contributed by atoms with E-state index in [1.807, 2.05) is 135 Å². The summed E-state index contributed by atoms with van der Waals surface area (Å²) in [5.41, 5.74) is 12.9. The molecule has 0 atom stereocenters. The topological polar surface area (TPSA) is 257 Å². The van der Waals surface area contributed by atoms with E-state index >= 15 is 0 Å². The van der Waals surface area contributed by atoms with Gasteiger partial charge in [-0.3, -0.25) is 42.4 Å². The molecule has 0 saturated heterocycles. The van der Waals surface area contributed by atoms with E-state index in [-0.39, 0.29) is 41.8 Å². The zero-order valence-corrected chi connectivity index (χ0v) is 60.5. The Morgan fingerprint density at radius 1 is 0.410 bits per heavy atom. The number of aryl methyl sites for hydroxylation is 3. The van der Waals surface area contributed by atoms with Crippen molar-refractivity contribution in [3.8, 4) is 0 Å². The minimum Gasteiger partial charge on any atom is -0.396 e. The molecule has 26 nitrogen and oxygen atoms in total. The van der Waals surface area contributed by atoms with Crippen molar-refractivity contribution >= 4 is 89.4 Å². The lowest BCUT2D eigenvalue weighted by atomic mass is 10.2. The number of hydrogen-bond acceptors (Lipinski definition) is 17. The van der Waals surface area contributed by atoms with Crippen LogP contribution in [0.15, 0.2) is 167 Å². The number of ether oxygens (including phenoxy) is 2. The summed E-state index contributed by atoms with van der Waals surface area (Å²) >= 11 is 6.40. The quantitative estimate of drug-likeness (QED) is 0.0337. The van der Waals surface area contributed by atoms with E-state index in [4.69, 9.17) is 36.0 Å². The van der Waals surface area contributed by atoms with Crippen LogP contribution in [0.4, 0.5) is 11.6 Å². The fraction of sp³-hybridized carbons (Fsp3) is 0.385. The van der Waals surface area contributed by atoms with E-state index in [9.17, 15) is 19.5 Å². The van der Waals surface area contributed by atoms with Crippen LogP contribution >= 0.6 is 11.6 Å². The molecule has 0 unspecified atom stereocenters. The van der Waals surface area contributed by atoms with Gasteiger partial charge in [-0.25, -0.2) is 44.3 Å². The van der Waals surface area contributed by atoms with Crippen molar-refractivity contribution in [3.05, 3.63) is 218 Å². The second-order valence-electron chi connectivity index (χ2n) is 27.7. The highest BCUT2D eigenvalue weighted by molar-refractivity contribution is 6.33. The van der Waals surface area contributed by atoms with Crippen molar-refractivity contribution in [1.29, 1.82) is 0 Å². The number of unbranched alkanes of at least 4 members (excludes halogenated alkanes) is 3. The maximum absolute atomic E-state index is 13.5. The molecular formula is C78H87ClN20O6. The minimum absolute atomic E-state index is 0.00868. The molecule has 3 aliphatic carbocycles. The van der Waals surface area contributed by atoms with Crippen LogP contribution in [0.5, 0.6) is 0 Å². The third kappa shape index (κ3) is 14.9. The molecule has 14 aromatic rings. The molecule has 3 aliphatic rings. The van der Waals surface area contributed by atoms with Gasteiger partial charge in [0.15, 0.2) is 16.8 Å². The van der Waals surface area contributed by atoms with E-state index in [1.54, 1.807) is 58.7 Å². The Hall–Kier alpha value is -10.7. The molecule has 0 spiro atoms. The Bertz CT molecular complexity index is 5560. The number of anilines is 2. The van der Waals surface area contributed by atoms with Crippen molar-refractivity contribution in [2.45, 2.75) is 148 Å². The van der Waals surface area contributed by atoms with Gasteiger partial charge >= 0.3 is 17.1 Å². The molecule has 17 rings (SSSR count). The molecular weight excluding hydrogens is 1350 g/mol. The summed E-state index contributed by atoms with van der Waals surface area (Å²) in [6.07, 6.45) is 27.4. The molecule has 542 valence electrons. The van der Waals surface area contributed by atoms with Crippen LogP contribution in [0.25, 0.3) is 66.2 Å². The monoisotopic (exact) mass is 1430 g/mol. The average Bonchev–Trinajstić information content (AvgIpc) is 1.60.